The molecule has 2 heterocycles. The van der Waals surface area contributed by atoms with E-state index in [1.54, 1.807) is 11.3 Å². The van der Waals surface area contributed by atoms with E-state index < -0.39 is 35.3 Å². The molecular formula is C33H49N5O5S. The van der Waals surface area contributed by atoms with Crippen molar-refractivity contribution in [2.24, 2.45) is 28.7 Å². The number of amides is 4. The SMILES string of the molecule is Cc1ncsc1-c1ccc(CNC(=O)[C@@H]2C[C@@H](O)CN2C(=O)C(C(CCCCCCCCC(N)=O)C(N)=O)C(C)(C)C)cc1. The van der Waals surface area contributed by atoms with Crippen LogP contribution in [0, 0.1) is 24.2 Å². The molecule has 3 rings (SSSR count). The van der Waals surface area contributed by atoms with Crippen LogP contribution in [0.15, 0.2) is 29.8 Å². The summed E-state index contributed by atoms with van der Waals surface area (Å²) in [6.07, 6.45) is 5.38. The van der Waals surface area contributed by atoms with Crippen molar-refractivity contribution in [2.45, 2.75) is 104 Å². The fourth-order valence-electron chi connectivity index (χ4n) is 6.13. The number of aromatic nitrogens is 1. The van der Waals surface area contributed by atoms with E-state index in [4.69, 9.17) is 11.5 Å². The second-order valence-corrected chi connectivity index (χ2v) is 13.9. The highest BCUT2D eigenvalue weighted by atomic mass is 32.1. The average Bonchev–Trinajstić information content (AvgIpc) is 3.56. The predicted octanol–water partition coefficient (Wildman–Crippen LogP) is 4.07. The molecule has 44 heavy (non-hydrogen) atoms. The van der Waals surface area contributed by atoms with Crippen LogP contribution < -0.4 is 16.8 Å². The minimum atomic E-state index is -0.838. The Labute approximate surface area is 265 Å². The van der Waals surface area contributed by atoms with Gasteiger partial charge >= 0.3 is 0 Å². The van der Waals surface area contributed by atoms with Crippen LogP contribution in [-0.2, 0) is 25.7 Å². The Morgan fingerprint density at radius 3 is 2.25 bits per heavy atom. The summed E-state index contributed by atoms with van der Waals surface area (Å²) in [6.45, 7) is 8.00. The van der Waals surface area contributed by atoms with Crippen molar-refractivity contribution >= 4 is 35.0 Å². The fraction of sp³-hybridized carbons (Fsp3) is 0.606. The van der Waals surface area contributed by atoms with E-state index in [1.807, 2.05) is 57.5 Å². The van der Waals surface area contributed by atoms with E-state index in [1.165, 1.54) is 4.90 Å². The van der Waals surface area contributed by atoms with Crippen molar-refractivity contribution in [3.63, 3.8) is 0 Å². The Bertz CT molecular complexity index is 1270. The third-order valence-corrected chi connectivity index (χ3v) is 9.43. The number of aliphatic hydroxyl groups is 1. The molecule has 2 aromatic rings. The van der Waals surface area contributed by atoms with E-state index in [9.17, 15) is 24.3 Å². The van der Waals surface area contributed by atoms with Crippen molar-refractivity contribution in [2.75, 3.05) is 6.54 Å². The maximum absolute atomic E-state index is 14.1. The first-order valence-corrected chi connectivity index (χ1v) is 16.5. The normalized spacial score (nSPS) is 18.2. The third-order valence-electron chi connectivity index (χ3n) is 8.45. The third kappa shape index (κ3) is 9.85. The van der Waals surface area contributed by atoms with Crippen molar-refractivity contribution < 1.29 is 24.3 Å². The summed E-state index contributed by atoms with van der Waals surface area (Å²) in [6, 6.07) is 7.07. The summed E-state index contributed by atoms with van der Waals surface area (Å²) in [5.41, 5.74) is 15.2. The van der Waals surface area contributed by atoms with Gasteiger partial charge in [0.05, 0.1) is 28.1 Å². The molecule has 4 atom stereocenters. The number of nitrogens with zero attached hydrogens (tertiary/aromatic N) is 2. The number of β-amino-alcohol motifs (C(OH)–C–C–N with tert-alkyl or cyclic N) is 1. The summed E-state index contributed by atoms with van der Waals surface area (Å²) in [4.78, 5) is 57.9. The van der Waals surface area contributed by atoms with Crippen LogP contribution in [0.2, 0.25) is 0 Å². The number of likely N-dealkylation sites (tertiary alicyclic amines) is 1. The fourth-order valence-corrected chi connectivity index (χ4v) is 6.95. The molecule has 4 amide bonds. The molecule has 1 aliphatic heterocycles. The Hall–Kier alpha value is -3.31. The molecule has 0 saturated carbocycles. The molecule has 1 saturated heterocycles. The van der Waals surface area contributed by atoms with E-state index >= 15 is 0 Å². The van der Waals surface area contributed by atoms with Gasteiger partial charge in [0.15, 0.2) is 0 Å². The number of thiazole rings is 1. The predicted molar refractivity (Wildman–Crippen MR) is 172 cm³/mol. The lowest BCUT2D eigenvalue weighted by molar-refractivity contribution is -0.149. The van der Waals surface area contributed by atoms with Gasteiger partial charge in [-0.2, -0.15) is 0 Å². The van der Waals surface area contributed by atoms with Gasteiger partial charge in [-0.25, -0.2) is 4.98 Å². The zero-order valence-electron chi connectivity index (χ0n) is 26.5. The zero-order valence-corrected chi connectivity index (χ0v) is 27.3. The number of carbonyl (C=O) groups is 4. The van der Waals surface area contributed by atoms with Gasteiger partial charge in [0.1, 0.15) is 6.04 Å². The number of nitrogens with two attached hydrogens (primary N) is 2. The van der Waals surface area contributed by atoms with Gasteiger partial charge in [0.2, 0.25) is 23.6 Å². The summed E-state index contributed by atoms with van der Waals surface area (Å²) in [5.74, 6) is -2.91. The van der Waals surface area contributed by atoms with Crippen LogP contribution in [0.3, 0.4) is 0 Å². The second kappa shape index (κ2) is 16.1. The quantitative estimate of drug-likeness (QED) is 0.205. The summed E-state index contributed by atoms with van der Waals surface area (Å²) in [7, 11) is 0. The Kier molecular flexibility index (Phi) is 12.9. The number of unbranched alkanes of at least 4 members (excludes halogenated alkanes) is 5. The zero-order chi connectivity index (χ0) is 32.4. The molecule has 2 unspecified atom stereocenters. The van der Waals surface area contributed by atoms with Gasteiger partial charge < -0.3 is 26.8 Å². The number of aliphatic hydroxyl groups excluding tert-OH is 1. The van der Waals surface area contributed by atoms with Gasteiger partial charge in [-0.3, -0.25) is 19.2 Å². The van der Waals surface area contributed by atoms with Crippen LogP contribution in [0.5, 0.6) is 0 Å². The minimum absolute atomic E-state index is 0.0309. The van der Waals surface area contributed by atoms with Gasteiger partial charge in [-0.05, 0) is 36.3 Å². The summed E-state index contributed by atoms with van der Waals surface area (Å²) < 4.78 is 0. The monoisotopic (exact) mass is 627 g/mol. The Morgan fingerprint density at radius 2 is 1.68 bits per heavy atom. The van der Waals surface area contributed by atoms with Gasteiger partial charge in [-0.1, -0.05) is 77.1 Å². The van der Waals surface area contributed by atoms with Crippen molar-refractivity contribution in [3.8, 4) is 10.4 Å². The van der Waals surface area contributed by atoms with Crippen LogP contribution in [0.1, 0.15) is 89.8 Å². The summed E-state index contributed by atoms with van der Waals surface area (Å²) >= 11 is 1.58. The largest absolute Gasteiger partial charge is 0.391 e. The van der Waals surface area contributed by atoms with Crippen molar-refractivity contribution in [1.29, 1.82) is 0 Å². The van der Waals surface area contributed by atoms with Crippen LogP contribution in [-0.4, -0.2) is 57.3 Å². The lowest BCUT2D eigenvalue weighted by Crippen LogP contribution is -2.52. The standard InChI is InChI=1S/C33H49N5O5S/c1-21-29(44-20-37-21)23-15-13-22(14-16-23)18-36-31(42)26-17-24(39)19-38(26)32(43)28(33(2,3)4)25(30(35)41)11-9-7-5-6-8-10-12-27(34)40/h13-16,20,24-26,28,39H,5-12,17-19H2,1-4H3,(H2,34,40)(H2,35,41)(H,36,42)/t24-,25?,26+,28?/m1/s1. The molecule has 6 N–H and O–H groups in total. The lowest BCUT2D eigenvalue weighted by atomic mass is 9.70. The highest BCUT2D eigenvalue weighted by Crippen LogP contribution is 2.38. The van der Waals surface area contributed by atoms with Crippen LogP contribution in [0.25, 0.3) is 10.4 Å². The first-order valence-electron chi connectivity index (χ1n) is 15.6. The first-order chi connectivity index (χ1) is 20.8. The Morgan fingerprint density at radius 1 is 1.05 bits per heavy atom. The molecule has 0 spiro atoms. The number of hydrogen-bond acceptors (Lipinski definition) is 7. The number of aryl methyl sites for hydroxylation is 1. The molecule has 0 radical (unpaired) electrons. The van der Waals surface area contributed by atoms with Gasteiger partial charge in [-0.15, -0.1) is 11.3 Å². The summed E-state index contributed by atoms with van der Waals surface area (Å²) in [5, 5.41) is 13.5. The maximum Gasteiger partial charge on any atom is 0.243 e. The van der Waals surface area contributed by atoms with E-state index in [0.29, 0.717) is 12.8 Å². The highest BCUT2D eigenvalue weighted by molar-refractivity contribution is 7.13. The van der Waals surface area contributed by atoms with E-state index in [-0.39, 0.29) is 37.2 Å². The minimum Gasteiger partial charge on any atom is -0.391 e. The smallest absolute Gasteiger partial charge is 0.243 e. The molecule has 242 valence electrons. The van der Waals surface area contributed by atoms with Gasteiger partial charge in [0, 0.05) is 31.8 Å². The molecule has 0 bridgehead atoms. The molecule has 11 heteroatoms. The molecule has 1 fully saturated rings. The molecule has 10 nitrogen and oxygen atoms in total. The van der Waals surface area contributed by atoms with E-state index in [0.717, 1.165) is 60.2 Å². The van der Waals surface area contributed by atoms with Gasteiger partial charge in [0.25, 0.3) is 0 Å². The topological polar surface area (TPSA) is 169 Å². The Balaban J connectivity index is 1.63. The van der Waals surface area contributed by atoms with Crippen molar-refractivity contribution in [3.05, 3.63) is 41.0 Å². The maximum atomic E-state index is 14.1. The number of rotatable bonds is 16. The number of primary amides is 2. The highest BCUT2D eigenvalue weighted by Gasteiger charge is 2.47. The number of hydrogen-bond donors (Lipinski definition) is 4. The van der Waals surface area contributed by atoms with Crippen LogP contribution in [0.4, 0.5) is 0 Å². The molecule has 1 aromatic heterocycles. The van der Waals surface area contributed by atoms with Crippen molar-refractivity contribution in [1.82, 2.24) is 15.2 Å². The molecular weight excluding hydrogens is 578 g/mol. The number of carbonyl (C=O) groups excluding carboxylic acids is 4. The number of benzene rings is 1. The second-order valence-electron chi connectivity index (χ2n) is 13.1. The molecule has 1 aliphatic rings. The average molecular weight is 628 g/mol. The lowest BCUT2D eigenvalue weighted by Gasteiger charge is -2.38. The number of nitrogens with one attached hydrogen (secondary N) is 1. The van der Waals surface area contributed by atoms with E-state index in [2.05, 4.69) is 10.3 Å². The van der Waals surface area contributed by atoms with Crippen LogP contribution >= 0.6 is 11.3 Å². The first kappa shape index (κ1) is 35.2. The molecule has 0 aliphatic carbocycles. The molecule has 1 aromatic carbocycles.